The molecule has 0 heterocycles. The van der Waals surface area contributed by atoms with Crippen molar-refractivity contribution in [3.63, 3.8) is 0 Å². The summed E-state index contributed by atoms with van der Waals surface area (Å²) in [5, 5.41) is 9.65. The summed E-state index contributed by atoms with van der Waals surface area (Å²) in [5.74, 6) is 6.99. The number of amides is 2. The number of nitrogens with two attached hydrogens (primary N) is 2. The SMILES string of the molecule is CC(C)C1CCC(N(C)Cc2ccc(C(=O)NCC/C(N)=N/N)cc2)CC1.O=CNc1cc(Cl)cc(Cl)c1. The van der Waals surface area contributed by atoms with Gasteiger partial charge in [-0.15, -0.1) is 0 Å². The summed E-state index contributed by atoms with van der Waals surface area (Å²) >= 11 is 11.3. The summed E-state index contributed by atoms with van der Waals surface area (Å²) < 4.78 is 0. The Morgan fingerprint density at radius 1 is 1.11 bits per heavy atom. The number of amidine groups is 1. The van der Waals surface area contributed by atoms with E-state index in [0.717, 1.165) is 18.4 Å². The summed E-state index contributed by atoms with van der Waals surface area (Å²) in [7, 11) is 2.21. The fourth-order valence-corrected chi connectivity index (χ4v) is 5.09. The van der Waals surface area contributed by atoms with Crippen molar-refractivity contribution in [1.82, 2.24) is 10.2 Å². The van der Waals surface area contributed by atoms with Crippen LogP contribution in [0.1, 0.15) is 61.9 Å². The molecule has 0 aliphatic heterocycles. The molecule has 38 heavy (non-hydrogen) atoms. The van der Waals surface area contributed by atoms with Crippen molar-refractivity contribution in [3.8, 4) is 0 Å². The molecule has 2 aromatic rings. The molecule has 0 unspecified atom stereocenters. The minimum atomic E-state index is -0.105. The standard InChI is InChI=1S/C21H35N5O.C7H5Cl2NO/c1-15(2)17-8-10-19(11-9-17)26(3)14-16-4-6-18(7-5-16)21(27)24-13-12-20(22)25-23;8-5-1-6(9)3-7(2-5)10-4-11/h4-7,15,17,19H,8-14,23H2,1-3H3,(H2,22,25)(H,24,27);1-4H,(H,10,11). The van der Waals surface area contributed by atoms with Crippen LogP contribution in [0.5, 0.6) is 0 Å². The van der Waals surface area contributed by atoms with Crippen LogP contribution in [0.4, 0.5) is 5.69 Å². The van der Waals surface area contributed by atoms with Crippen LogP contribution in [0, 0.1) is 11.8 Å². The third kappa shape index (κ3) is 10.9. The lowest BCUT2D eigenvalue weighted by atomic mass is 9.79. The van der Waals surface area contributed by atoms with Crippen LogP contribution in [0.25, 0.3) is 0 Å². The van der Waals surface area contributed by atoms with Crippen molar-refractivity contribution < 1.29 is 9.59 Å². The van der Waals surface area contributed by atoms with Gasteiger partial charge in [-0.1, -0.05) is 49.2 Å². The number of carbonyl (C=O) groups excluding carboxylic acids is 2. The Morgan fingerprint density at radius 2 is 1.71 bits per heavy atom. The van der Waals surface area contributed by atoms with E-state index < -0.39 is 0 Å². The predicted octanol–water partition coefficient (Wildman–Crippen LogP) is 5.25. The number of rotatable bonds is 10. The number of benzene rings is 2. The van der Waals surface area contributed by atoms with Gasteiger partial charge in [-0.3, -0.25) is 14.5 Å². The largest absolute Gasteiger partial charge is 0.386 e. The maximum absolute atomic E-state index is 12.1. The number of nitrogens with zero attached hydrogens (tertiary/aromatic N) is 2. The Morgan fingerprint density at radius 3 is 2.24 bits per heavy atom. The van der Waals surface area contributed by atoms with E-state index in [9.17, 15) is 9.59 Å². The van der Waals surface area contributed by atoms with Gasteiger partial charge >= 0.3 is 0 Å². The molecule has 6 N–H and O–H groups in total. The van der Waals surface area contributed by atoms with Crippen molar-refractivity contribution in [2.75, 3.05) is 18.9 Å². The highest BCUT2D eigenvalue weighted by atomic mass is 35.5. The topological polar surface area (TPSA) is 126 Å². The molecule has 0 radical (unpaired) electrons. The molecular weight excluding hydrogens is 523 g/mol. The lowest BCUT2D eigenvalue weighted by Gasteiger charge is -2.36. The van der Waals surface area contributed by atoms with Crippen LogP contribution in [0.2, 0.25) is 10.0 Å². The van der Waals surface area contributed by atoms with E-state index in [1.165, 1.54) is 31.2 Å². The van der Waals surface area contributed by atoms with Crippen molar-refractivity contribution >= 4 is 47.0 Å². The van der Waals surface area contributed by atoms with Gasteiger partial charge in [0.15, 0.2) is 0 Å². The first-order valence-electron chi connectivity index (χ1n) is 12.9. The Hall–Kier alpha value is -2.81. The second kappa shape index (κ2) is 16.2. The van der Waals surface area contributed by atoms with Crippen LogP contribution in [0.15, 0.2) is 47.6 Å². The van der Waals surface area contributed by atoms with Gasteiger partial charge in [0, 0.05) is 46.8 Å². The van der Waals surface area contributed by atoms with E-state index >= 15 is 0 Å². The molecular formula is C28H40Cl2N6O2. The highest BCUT2D eigenvalue weighted by Gasteiger charge is 2.25. The van der Waals surface area contributed by atoms with Crippen LogP contribution in [-0.4, -0.2) is 42.7 Å². The molecule has 0 spiro atoms. The van der Waals surface area contributed by atoms with Gasteiger partial charge < -0.3 is 22.2 Å². The lowest BCUT2D eigenvalue weighted by molar-refractivity contribution is -0.105. The lowest BCUT2D eigenvalue weighted by Crippen LogP contribution is -2.35. The zero-order valence-electron chi connectivity index (χ0n) is 22.4. The molecule has 0 atom stereocenters. The molecule has 1 aliphatic carbocycles. The first kappa shape index (κ1) is 31.4. The summed E-state index contributed by atoms with van der Waals surface area (Å²) in [6, 6.07) is 13.3. The number of hydrazone groups is 1. The molecule has 1 saturated carbocycles. The van der Waals surface area contributed by atoms with Crippen molar-refractivity contribution in [1.29, 1.82) is 0 Å². The van der Waals surface area contributed by atoms with Crippen molar-refractivity contribution in [3.05, 3.63) is 63.6 Å². The molecule has 0 saturated heterocycles. The molecule has 3 rings (SSSR count). The Kier molecular flexibility index (Phi) is 13.4. The van der Waals surface area contributed by atoms with E-state index in [1.807, 2.05) is 24.3 Å². The number of anilines is 1. The fourth-order valence-electron chi connectivity index (χ4n) is 4.56. The second-order valence-corrected chi connectivity index (χ2v) is 10.8. The zero-order valence-corrected chi connectivity index (χ0v) is 23.9. The quantitative estimate of drug-likeness (QED) is 0.103. The van der Waals surface area contributed by atoms with Gasteiger partial charge in [0.2, 0.25) is 6.41 Å². The van der Waals surface area contributed by atoms with Gasteiger partial charge in [0.1, 0.15) is 5.84 Å². The third-order valence-corrected chi connectivity index (χ3v) is 7.31. The number of hydrogen-bond donors (Lipinski definition) is 4. The summed E-state index contributed by atoms with van der Waals surface area (Å²) in [4.78, 5) is 24.6. The Balaban J connectivity index is 0.000000384. The molecule has 208 valence electrons. The minimum absolute atomic E-state index is 0.105. The van der Waals surface area contributed by atoms with Gasteiger partial charge in [0.05, 0.1) is 0 Å². The van der Waals surface area contributed by atoms with Crippen molar-refractivity contribution in [2.45, 2.75) is 58.5 Å². The van der Waals surface area contributed by atoms with Gasteiger partial charge in [-0.25, -0.2) is 0 Å². The molecule has 1 fully saturated rings. The Bertz CT molecular complexity index is 1030. The molecule has 0 bridgehead atoms. The van der Waals surface area contributed by atoms with Crippen LogP contribution >= 0.6 is 23.2 Å². The van der Waals surface area contributed by atoms with E-state index in [4.69, 9.17) is 34.8 Å². The average molecular weight is 564 g/mol. The molecule has 8 nitrogen and oxygen atoms in total. The number of halogens is 2. The van der Waals surface area contributed by atoms with E-state index in [0.29, 0.717) is 52.5 Å². The zero-order chi connectivity index (χ0) is 28.1. The summed E-state index contributed by atoms with van der Waals surface area (Å²) in [6.07, 6.45) is 6.27. The van der Waals surface area contributed by atoms with Gasteiger partial charge in [0.25, 0.3) is 5.91 Å². The maximum Gasteiger partial charge on any atom is 0.251 e. The first-order valence-corrected chi connectivity index (χ1v) is 13.6. The van der Waals surface area contributed by atoms with Gasteiger partial charge in [-0.2, -0.15) is 5.10 Å². The van der Waals surface area contributed by atoms with E-state index in [2.05, 4.69) is 41.5 Å². The first-order chi connectivity index (χ1) is 18.1. The Labute approximate surface area is 236 Å². The monoisotopic (exact) mass is 562 g/mol. The predicted molar refractivity (Wildman–Crippen MR) is 157 cm³/mol. The summed E-state index contributed by atoms with van der Waals surface area (Å²) in [5.41, 5.74) is 8.00. The highest BCUT2D eigenvalue weighted by molar-refractivity contribution is 6.35. The molecule has 2 amide bonds. The average Bonchev–Trinajstić information content (AvgIpc) is 2.89. The second-order valence-electron chi connectivity index (χ2n) is 9.97. The molecule has 0 aromatic heterocycles. The van der Waals surface area contributed by atoms with Crippen molar-refractivity contribution in [2.24, 2.45) is 28.5 Å². The van der Waals surface area contributed by atoms with Crippen LogP contribution < -0.4 is 22.2 Å². The van der Waals surface area contributed by atoms with Gasteiger partial charge in [-0.05, 0) is 80.5 Å². The van der Waals surface area contributed by atoms with E-state index in [-0.39, 0.29) is 5.91 Å². The molecule has 2 aromatic carbocycles. The highest BCUT2D eigenvalue weighted by Crippen LogP contribution is 2.32. The fraction of sp³-hybridized carbons (Fsp3) is 0.464. The van der Waals surface area contributed by atoms with Crippen LogP contribution in [0.3, 0.4) is 0 Å². The smallest absolute Gasteiger partial charge is 0.251 e. The number of nitrogens with one attached hydrogen (secondary N) is 2. The normalized spacial score (nSPS) is 17.5. The third-order valence-electron chi connectivity index (χ3n) is 6.88. The summed E-state index contributed by atoms with van der Waals surface area (Å²) in [6.45, 7) is 6.03. The van der Waals surface area contributed by atoms with Crippen LogP contribution in [-0.2, 0) is 11.3 Å². The maximum atomic E-state index is 12.1. The van der Waals surface area contributed by atoms with E-state index in [1.54, 1.807) is 18.2 Å². The minimum Gasteiger partial charge on any atom is -0.386 e. The molecule has 10 heteroatoms. The number of carbonyl (C=O) groups is 2. The molecule has 1 aliphatic rings. The number of hydrogen-bond acceptors (Lipinski definition) is 5.